The van der Waals surface area contributed by atoms with Crippen molar-refractivity contribution in [3.05, 3.63) is 19.6 Å². The molecule has 1 unspecified atom stereocenters. The Kier molecular flexibility index (Phi) is 6.61. The Morgan fingerprint density at radius 3 is 2.80 bits per heavy atom. The standard InChI is InChI=1S/C9H18N/c1-4-6-7-8-9(3)10-5-2/h4,9-10H,1,3,5-8H2,2H3. The summed E-state index contributed by atoms with van der Waals surface area (Å²) in [6.45, 7) is 10.7. The van der Waals surface area contributed by atoms with Crippen molar-refractivity contribution in [2.24, 2.45) is 0 Å². The Balaban J connectivity index is 3.04. The van der Waals surface area contributed by atoms with E-state index in [1.165, 1.54) is 6.42 Å². The zero-order chi connectivity index (χ0) is 7.82. The van der Waals surface area contributed by atoms with Gasteiger partial charge in [-0.2, -0.15) is 0 Å². The number of allylic oxidation sites excluding steroid dienone is 1. The SMILES string of the molecule is [CH2]C(CCCC=C)NCC. The maximum atomic E-state index is 3.95. The summed E-state index contributed by atoms with van der Waals surface area (Å²) in [6, 6.07) is 0.421. The summed E-state index contributed by atoms with van der Waals surface area (Å²) < 4.78 is 0. The molecule has 0 rings (SSSR count). The molecule has 1 radical (unpaired) electrons. The maximum Gasteiger partial charge on any atom is 0.00676 e. The lowest BCUT2D eigenvalue weighted by Crippen LogP contribution is -2.25. The molecule has 0 aromatic heterocycles. The number of hydrogen-bond donors (Lipinski definition) is 1. The highest BCUT2D eigenvalue weighted by atomic mass is 14.9. The van der Waals surface area contributed by atoms with Crippen molar-refractivity contribution in [2.45, 2.75) is 32.2 Å². The third-order valence-electron chi connectivity index (χ3n) is 1.45. The van der Waals surface area contributed by atoms with Gasteiger partial charge >= 0.3 is 0 Å². The second kappa shape index (κ2) is 6.81. The quantitative estimate of drug-likeness (QED) is 0.440. The van der Waals surface area contributed by atoms with Crippen LogP contribution in [0.25, 0.3) is 0 Å². The Morgan fingerprint density at radius 2 is 2.30 bits per heavy atom. The van der Waals surface area contributed by atoms with Crippen LogP contribution in [-0.2, 0) is 0 Å². The normalized spacial score (nSPS) is 13.0. The fourth-order valence-electron chi connectivity index (χ4n) is 0.899. The lowest BCUT2D eigenvalue weighted by Gasteiger charge is -2.09. The molecule has 0 aliphatic carbocycles. The molecule has 0 heterocycles. The molecule has 0 aromatic carbocycles. The zero-order valence-corrected chi connectivity index (χ0v) is 6.90. The molecule has 0 aliphatic heterocycles. The predicted octanol–water partition coefficient (Wildman–Crippen LogP) is 2.15. The molecule has 1 heteroatoms. The molecule has 0 saturated heterocycles. The molecule has 0 saturated carbocycles. The van der Waals surface area contributed by atoms with Crippen LogP contribution in [0.15, 0.2) is 12.7 Å². The smallest absolute Gasteiger partial charge is 0.00676 e. The number of hydrogen-bond acceptors (Lipinski definition) is 1. The minimum Gasteiger partial charge on any atom is -0.314 e. The van der Waals surface area contributed by atoms with Crippen LogP contribution >= 0.6 is 0 Å². The minimum absolute atomic E-state index is 0.421. The van der Waals surface area contributed by atoms with Crippen LogP contribution in [0.1, 0.15) is 26.2 Å². The first-order chi connectivity index (χ1) is 4.81. The molecule has 0 amide bonds. The van der Waals surface area contributed by atoms with E-state index in [0.29, 0.717) is 6.04 Å². The predicted molar refractivity (Wildman–Crippen MR) is 46.9 cm³/mol. The Hall–Kier alpha value is -0.300. The average molecular weight is 140 g/mol. The fraction of sp³-hybridized carbons (Fsp3) is 0.667. The van der Waals surface area contributed by atoms with E-state index in [-0.39, 0.29) is 0 Å². The van der Waals surface area contributed by atoms with Crippen molar-refractivity contribution in [1.82, 2.24) is 5.32 Å². The van der Waals surface area contributed by atoms with E-state index < -0.39 is 0 Å². The first kappa shape index (κ1) is 9.70. The summed E-state index contributed by atoms with van der Waals surface area (Å²) in [5.41, 5.74) is 0. The molecular weight excluding hydrogens is 122 g/mol. The summed E-state index contributed by atoms with van der Waals surface area (Å²) in [5.74, 6) is 0. The van der Waals surface area contributed by atoms with Gasteiger partial charge in [0, 0.05) is 6.04 Å². The van der Waals surface area contributed by atoms with Gasteiger partial charge in [0.25, 0.3) is 0 Å². The molecule has 59 valence electrons. The molecule has 1 nitrogen and oxygen atoms in total. The van der Waals surface area contributed by atoms with Crippen molar-refractivity contribution < 1.29 is 0 Å². The third kappa shape index (κ3) is 5.83. The van der Waals surface area contributed by atoms with Crippen molar-refractivity contribution in [2.75, 3.05) is 6.54 Å². The van der Waals surface area contributed by atoms with E-state index in [1.807, 2.05) is 6.08 Å². The van der Waals surface area contributed by atoms with Gasteiger partial charge in [0.1, 0.15) is 0 Å². The second-order valence-electron chi connectivity index (χ2n) is 2.47. The van der Waals surface area contributed by atoms with Crippen LogP contribution in [0, 0.1) is 6.92 Å². The van der Waals surface area contributed by atoms with Crippen LogP contribution < -0.4 is 5.32 Å². The summed E-state index contributed by atoms with van der Waals surface area (Å²) in [7, 11) is 0. The largest absolute Gasteiger partial charge is 0.314 e. The number of nitrogens with one attached hydrogen (secondary N) is 1. The average Bonchev–Trinajstić information content (AvgIpc) is 1.89. The highest BCUT2D eigenvalue weighted by molar-refractivity contribution is 4.71. The van der Waals surface area contributed by atoms with E-state index in [4.69, 9.17) is 0 Å². The molecule has 0 aliphatic rings. The van der Waals surface area contributed by atoms with Gasteiger partial charge in [0.15, 0.2) is 0 Å². The van der Waals surface area contributed by atoms with Gasteiger partial charge in [0.2, 0.25) is 0 Å². The monoisotopic (exact) mass is 140 g/mol. The molecule has 0 aromatic rings. The van der Waals surface area contributed by atoms with Crippen LogP contribution in [0.2, 0.25) is 0 Å². The summed E-state index contributed by atoms with van der Waals surface area (Å²) in [4.78, 5) is 0. The molecular formula is C9H18N. The van der Waals surface area contributed by atoms with E-state index in [9.17, 15) is 0 Å². The minimum atomic E-state index is 0.421. The van der Waals surface area contributed by atoms with E-state index >= 15 is 0 Å². The van der Waals surface area contributed by atoms with Crippen molar-refractivity contribution in [3.63, 3.8) is 0 Å². The summed E-state index contributed by atoms with van der Waals surface area (Å²) in [6.07, 6.45) is 5.42. The van der Waals surface area contributed by atoms with Gasteiger partial charge in [-0.1, -0.05) is 13.0 Å². The molecule has 0 fully saturated rings. The van der Waals surface area contributed by atoms with E-state index in [0.717, 1.165) is 19.4 Å². The number of rotatable bonds is 6. The van der Waals surface area contributed by atoms with Crippen LogP contribution in [0.3, 0.4) is 0 Å². The van der Waals surface area contributed by atoms with E-state index in [1.54, 1.807) is 0 Å². The van der Waals surface area contributed by atoms with Gasteiger partial charge in [-0.25, -0.2) is 0 Å². The highest BCUT2D eigenvalue weighted by Gasteiger charge is 1.96. The van der Waals surface area contributed by atoms with Crippen LogP contribution in [-0.4, -0.2) is 12.6 Å². The zero-order valence-electron chi connectivity index (χ0n) is 6.90. The molecule has 10 heavy (non-hydrogen) atoms. The Bertz CT molecular complexity index is 78.8. The van der Waals surface area contributed by atoms with E-state index in [2.05, 4.69) is 25.7 Å². The van der Waals surface area contributed by atoms with Crippen molar-refractivity contribution in [3.8, 4) is 0 Å². The lowest BCUT2D eigenvalue weighted by molar-refractivity contribution is 0.553. The van der Waals surface area contributed by atoms with Crippen molar-refractivity contribution >= 4 is 0 Å². The Morgan fingerprint density at radius 1 is 1.60 bits per heavy atom. The third-order valence-corrected chi connectivity index (χ3v) is 1.45. The van der Waals surface area contributed by atoms with Gasteiger partial charge in [-0.3, -0.25) is 0 Å². The van der Waals surface area contributed by atoms with Gasteiger partial charge in [-0.05, 0) is 32.7 Å². The Labute approximate surface area is 64.5 Å². The molecule has 0 bridgehead atoms. The highest BCUT2D eigenvalue weighted by Crippen LogP contribution is 1.99. The second-order valence-corrected chi connectivity index (χ2v) is 2.47. The molecule has 1 N–H and O–H groups in total. The maximum absolute atomic E-state index is 3.95. The molecule has 1 atom stereocenters. The lowest BCUT2D eigenvalue weighted by atomic mass is 10.1. The van der Waals surface area contributed by atoms with Gasteiger partial charge in [-0.15, -0.1) is 6.58 Å². The topological polar surface area (TPSA) is 12.0 Å². The van der Waals surface area contributed by atoms with Gasteiger partial charge < -0.3 is 5.32 Å². The van der Waals surface area contributed by atoms with Gasteiger partial charge in [0.05, 0.1) is 0 Å². The van der Waals surface area contributed by atoms with Crippen molar-refractivity contribution in [1.29, 1.82) is 0 Å². The molecule has 0 spiro atoms. The first-order valence-corrected chi connectivity index (χ1v) is 3.98. The summed E-state index contributed by atoms with van der Waals surface area (Å²) >= 11 is 0. The van der Waals surface area contributed by atoms with Crippen LogP contribution in [0.5, 0.6) is 0 Å². The van der Waals surface area contributed by atoms with Crippen LogP contribution in [0.4, 0.5) is 0 Å². The number of unbranched alkanes of at least 4 members (excludes halogenated alkanes) is 1. The summed E-state index contributed by atoms with van der Waals surface area (Å²) in [5, 5.41) is 3.26. The first-order valence-electron chi connectivity index (χ1n) is 3.98. The fourth-order valence-corrected chi connectivity index (χ4v) is 0.899.